The molecule has 1 nitrogen and oxygen atoms in total. The van der Waals surface area contributed by atoms with Crippen molar-refractivity contribution in [2.24, 2.45) is 0 Å². The van der Waals surface area contributed by atoms with Gasteiger partial charge >= 0.3 is 0 Å². The Morgan fingerprint density at radius 2 is 1.34 bits per heavy atom. The number of hydrogen-bond acceptors (Lipinski definition) is 2. The van der Waals surface area contributed by atoms with Crippen molar-refractivity contribution < 1.29 is 4.43 Å². The highest BCUT2D eigenvalue weighted by Gasteiger charge is 2.52. The van der Waals surface area contributed by atoms with Gasteiger partial charge < -0.3 is 4.43 Å². The van der Waals surface area contributed by atoms with Crippen LogP contribution in [0.25, 0.3) is 0 Å². The lowest BCUT2D eigenvalue weighted by Crippen LogP contribution is -2.66. The van der Waals surface area contributed by atoms with Gasteiger partial charge in [0, 0.05) is 10.6 Å². The third-order valence-corrected chi connectivity index (χ3v) is 13.2. The van der Waals surface area contributed by atoms with Crippen LogP contribution in [0.1, 0.15) is 50.0 Å². The Balaban J connectivity index is 1.47. The second kappa shape index (κ2) is 10.2. The maximum Gasteiger partial charge on any atom is 0.261 e. The Labute approximate surface area is 215 Å². The number of thioether (sulfide) groups is 1. The van der Waals surface area contributed by atoms with Gasteiger partial charge in [-0.2, -0.15) is 0 Å². The van der Waals surface area contributed by atoms with Crippen molar-refractivity contribution in [3.63, 3.8) is 0 Å². The molecule has 1 aliphatic carbocycles. The van der Waals surface area contributed by atoms with Gasteiger partial charge in [0.1, 0.15) is 0 Å². The van der Waals surface area contributed by atoms with Crippen molar-refractivity contribution in [1.29, 1.82) is 0 Å². The Hall–Kier alpha value is -2.59. The van der Waals surface area contributed by atoms with Crippen molar-refractivity contribution >= 4 is 30.5 Å². The van der Waals surface area contributed by atoms with Crippen LogP contribution in [-0.2, 0) is 16.6 Å². The van der Waals surface area contributed by atoms with E-state index >= 15 is 0 Å². The maximum atomic E-state index is 7.46. The van der Waals surface area contributed by atoms with E-state index in [0.29, 0.717) is 0 Å². The average Bonchev–Trinajstić information content (AvgIpc) is 3.28. The van der Waals surface area contributed by atoms with E-state index < -0.39 is 8.32 Å². The molecule has 0 bridgehead atoms. The number of aryl methyl sites for hydroxylation is 1. The van der Waals surface area contributed by atoms with E-state index in [1.807, 2.05) is 11.8 Å². The standard InChI is InChI=1S/C32H34OSSi/c1-32(2,3)35(28-15-9-5-10-16-28,29-17-11-6-12-18-29)33-31-22-19-26-23-27(20-21-30(26)31)34-24-25-13-7-4-8-14-25/h4-18,20-21,23,31H,19,22,24H2,1-3H3. The second-order valence-corrected chi connectivity index (χ2v) is 15.7. The van der Waals surface area contributed by atoms with E-state index in [1.54, 1.807) is 0 Å². The summed E-state index contributed by atoms with van der Waals surface area (Å²) < 4.78 is 7.46. The fourth-order valence-corrected chi connectivity index (χ4v) is 11.0. The first-order chi connectivity index (χ1) is 17.0. The van der Waals surface area contributed by atoms with Crippen molar-refractivity contribution in [3.05, 3.63) is 126 Å². The van der Waals surface area contributed by atoms with Gasteiger partial charge in [-0.15, -0.1) is 11.8 Å². The molecule has 0 radical (unpaired) electrons. The molecule has 0 aromatic heterocycles. The van der Waals surface area contributed by atoms with Crippen LogP contribution in [0.4, 0.5) is 0 Å². The molecule has 35 heavy (non-hydrogen) atoms. The molecule has 0 spiro atoms. The van der Waals surface area contributed by atoms with Crippen LogP contribution in [0.15, 0.2) is 114 Å². The molecular formula is C32H34OSSi. The van der Waals surface area contributed by atoms with Crippen LogP contribution in [0.5, 0.6) is 0 Å². The Kier molecular flexibility index (Phi) is 7.01. The second-order valence-electron chi connectivity index (χ2n) is 10.4. The van der Waals surface area contributed by atoms with Gasteiger partial charge in [0.25, 0.3) is 8.32 Å². The van der Waals surface area contributed by atoms with Gasteiger partial charge in [0.15, 0.2) is 0 Å². The molecule has 4 aromatic carbocycles. The zero-order chi connectivity index (χ0) is 24.3. The lowest BCUT2D eigenvalue weighted by Gasteiger charge is -2.44. The summed E-state index contributed by atoms with van der Waals surface area (Å²) in [6, 6.07) is 39.7. The van der Waals surface area contributed by atoms with Crippen LogP contribution in [0.2, 0.25) is 5.04 Å². The topological polar surface area (TPSA) is 9.23 Å². The van der Waals surface area contributed by atoms with E-state index in [1.165, 1.54) is 32.0 Å². The molecule has 0 saturated carbocycles. The summed E-state index contributed by atoms with van der Waals surface area (Å²) in [7, 11) is -2.56. The highest BCUT2D eigenvalue weighted by atomic mass is 32.2. The highest BCUT2D eigenvalue weighted by Crippen LogP contribution is 2.44. The summed E-state index contributed by atoms with van der Waals surface area (Å²) in [5.74, 6) is 1.00. The third kappa shape index (κ3) is 4.91. The highest BCUT2D eigenvalue weighted by molar-refractivity contribution is 7.98. The fraction of sp³-hybridized carbons (Fsp3) is 0.250. The summed E-state index contributed by atoms with van der Waals surface area (Å²) in [6.45, 7) is 7.08. The van der Waals surface area contributed by atoms with Crippen LogP contribution >= 0.6 is 11.8 Å². The summed E-state index contributed by atoms with van der Waals surface area (Å²) in [4.78, 5) is 1.35. The Morgan fingerprint density at radius 3 is 1.91 bits per heavy atom. The molecule has 3 heteroatoms. The first kappa shape index (κ1) is 24.1. The first-order valence-corrected chi connectivity index (χ1v) is 15.5. The SMILES string of the molecule is CC(C)(C)[Si](OC1CCc2cc(SCc3ccccc3)ccc21)(c1ccccc1)c1ccccc1. The molecule has 0 N–H and O–H groups in total. The van der Waals surface area contributed by atoms with Crippen molar-refractivity contribution in [2.75, 3.05) is 0 Å². The van der Waals surface area contributed by atoms with Crippen molar-refractivity contribution in [2.45, 2.75) is 55.4 Å². The molecule has 0 aliphatic heterocycles. The molecule has 4 aromatic rings. The summed E-state index contributed by atoms with van der Waals surface area (Å²) in [6.07, 6.45) is 2.26. The van der Waals surface area contributed by atoms with Gasteiger partial charge in [-0.3, -0.25) is 0 Å². The van der Waals surface area contributed by atoms with E-state index in [-0.39, 0.29) is 11.1 Å². The van der Waals surface area contributed by atoms with Crippen LogP contribution < -0.4 is 10.4 Å². The summed E-state index contributed by atoms with van der Waals surface area (Å²) in [5.41, 5.74) is 4.19. The lowest BCUT2D eigenvalue weighted by molar-refractivity contribution is 0.192. The quantitative estimate of drug-likeness (QED) is 0.194. The zero-order valence-corrected chi connectivity index (χ0v) is 22.7. The maximum absolute atomic E-state index is 7.46. The molecule has 0 fully saturated rings. The normalized spacial score (nSPS) is 15.7. The molecule has 1 atom stereocenters. The minimum Gasteiger partial charge on any atom is -0.400 e. The monoisotopic (exact) mass is 494 g/mol. The molecule has 0 heterocycles. The molecule has 1 unspecified atom stereocenters. The molecule has 0 amide bonds. The number of benzene rings is 4. The minimum atomic E-state index is -2.56. The minimum absolute atomic E-state index is 0.00998. The van der Waals surface area contributed by atoms with Gasteiger partial charge in [0.05, 0.1) is 6.10 Å². The Bertz CT molecular complexity index is 1210. The number of fused-ring (bicyclic) bond motifs is 1. The molecule has 1 aliphatic rings. The van der Waals surface area contributed by atoms with Gasteiger partial charge in [-0.25, -0.2) is 0 Å². The third-order valence-electron chi connectivity index (χ3n) is 7.12. The summed E-state index contributed by atoms with van der Waals surface area (Å²) >= 11 is 1.92. The molecule has 5 rings (SSSR count). The van der Waals surface area contributed by atoms with Crippen LogP contribution in [0.3, 0.4) is 0 Å². The van der Waals surface area contributed by atoms with E-state index in [9.17, 15) is 0 Å². The van der Waals surface area contributed by atoms with Crippen molar-refractivity contribution in [1.82, 2.24) is 0 Å². The first-order valence-electron chi connectivity index (χ1n) is 12.6. The van der Waals surface area contributed by atoms with Gasteiger partial charge in [0.2, 0.25) is 0 Å². The van der Waals surface area contributed by atoms with E-state index in [4.69, 9.17) is 4.43 Å². The van der Waals surface area contributed by atoms with Crippen LogP contribution in [-0.4, -0.2) is 8.32 Å². The lowest BCUT2D eigenvalue weighted by atomic mass is 10.1. The van der Waals surface area contributed by atoms with Crippen molar-refractivity contribution in [3.8, 4) is 0 Å². The largest absolute Gasteiger partial charge is 0.400 e. The number of rotatable bonds is 7. The van der Waals surface area contributed by atoms with Gasteiger partial charge in [-0.1, -0.05) is 118 Å². The average molecular weight is 495 g/mol. The van der Waals surface area contributed by atoms with E-state index in [0.717, 1.165) is 18.6 Å². The fourth-order valence-electron chi connectivity index (χ4n) is 5.41. The molecule has 0 saturated heterocycles. The zero-order valence-electron chi connectivity index (χ0n) is 20.9. The smallest absolute Gasteiger partial charge is 0.261 e. The Morgan fingerprint density at radius 1 is 0.771 bits per heavy atom. The predicted molar refractivity (Wildman–Crippen MR) is 152 cm³/mol. The number of hydrogen-bond donors (Lipinski definition) is 0. The predicted octanol–water partition coefficient (Wildman–Crippen LogP) is 7.54. The van der Waals surface area contributed by atoms with Gasteiger partial charge in [-0.05, 0) is 57.1 Å². The van der Waals surface area contributed by atoms with E-state index in [2.05, 4.69) is 130 Å². The summed E-state index contributed by atoms with van der Waals surface area (Å²) in [5, 5.41) is 2.69. The molecule has 178 valence electrons. The van der Waals surface area contributed by atoms with Crippen LogP contribution in [0, 0.1) is 0 Å². The molecular weight excluding hydrogens is 461 g/mol.